The molecule has 1 N–H and O–H groups in total. The minimum absolute atomic E-state index is 0.0775. The molecule has 1 aliphatic heterocycles. The maximum absolute atomic E-state index is 12.3. The monoisotopic (exact) mass is 337 g/mol. The first-order valence-corrected chi connectivity index (χ1v) is 8.58. The summed E-state index contributed by atoms with van der Waals surface area (Å²) in [5.74, 6) is 0.209. The summed E-state index contributed by atoms with van der Waals surface area (Å²) < 4.78 is 0.967. The van der Waals surface area contributed by atoms with Crippen LogP contribution in [0.25, 0.3) is 6.08 Å². The fourth-order valence-corrected chi connectivity index (χ4v) is 3.24. The average Bonchev–Trinajstić information content (AvgIpc) is 2.67. The quantitative estimate of drug-likeness (QED) is 0.674. The number of nitrogens with one attached hydrogen (secondary N) is 1. The van der Waals surface area contributed by atoms with Gasteiger partial charge in [0, 0.05) is 36.7 Å². The molecule has 25 heavy (non-hydrogen) atoms. The number of hydrogen-bond donors (Lipinski definition) is 1. The van der Waals surface area contributed by atoms with Crippen molar-refractivity contribution in [2.45, 2.75) is 18.8 Å². The third kappa shape index (κ3) is 4.25. The zero-order valence-corrected chi connectivity index (χ0v) is 14.2. The molecule has 130 valence electrons. The predicted molar refractivity (Wildman–Crippen MR) is 97.8 cm³/mol. The SMILES string of the molecule is C=Cc1cccc(C(=O)NCN2CCC(c3cccc[n+]3[O-])CC2)c1. The van der Waals surface area contributed by atoms with Crippen LogP contribution in [0.1, 0.15) is 40.4 Å². The zero-order valence-electron chi connectivity index (χ0n) is 14.2. The van der Waals surface area contributed by atoms with Gasteiger partial charge in [-0.15, -0.1) is 0 Å². The molecule has 0 bridgehead atoms. The van der Waals surface area contributed by atoms with E-state index in [2.05, 4.69) is 16.8 Å². The average molecular weight is 337 g/mol. The van der Waals surface area contributed by atoms with Gasteiger partial charge in [0.2, 0.25) is 0 Å². The highest BCUT2D eigenvalue weighted by Crippen LogP contribution is 2.25. The van der Waals surface area contributed by atoms with Gasteiger partial charge >= 0.3 is 0 Å². The molecule has 1 aromatic heterocycles. The van der Waals surface area contributed by atoms with Gasteiger partial charge in [0.25, 0.3) is 5.91 Å². The Kier molecular flexibility index (Phi) is 5.46. The lowest BCUT2D eigenvalue weighted by molar-refractivity contribution is -0.616. The van der Waals surface area contributed by atoms with Gasteiger partial charge in [-0.05, 0) is 30.5 Å². The second kappa shape index (κ2) is 7.94. The van der Waals surface area contributed by atoms with Crippen molar-refractivity contribution in [3.05, 3.63) is 77.3 Å². The first-order valence-electron chi connectivity index (χ1n) is 8.58. The van der Waals surface area contributed by atoms with Gasteiger partial charge in [-0.1, -0.05) is 30.9 Å². The molecule has 1 amide bonds. The first kappa shape index (κ1) is 17.2. The molecule has 0 aliphatic carbocycles. The Labute approximate surface area is 148 Å². The van der Waals surface area contributed by atoms with E-state index >= 15 is 0 Å². The van der Waals surface area contributed by atoms with Crippen LogP contribution in [-0.2, 0) is 0 Å². The molecule has 5 nitrogen and oxygen atoms in total. The predicted octanol–water partition coefficient (Wildman–Crippen LogP) is 2.53. The van der Waals surface area contributed by atoms with Crippen LogP contribution in [0.15, 0.2) is 55.2 Å². The number of pyridine rings is 1. The number of aromatic nitrogens is 1. The van der Waals surface area contributed by atoms with Crippen LogP contribution in [0.3, 0.4) is 0 Å². The molecule has 0 unspecified atom stereocenters. The van der Waals surface area contributed by atoms with E-state index in [0.29, 0.717) is 12.2 Å². The van der Waals surface area contributed by atoms with Gasteiger partial charge in [-0.2, -0.15) is 4.73 Å². The van der Waals surface area contributed by atoms with Gasteiger partial charge in [-0.25, -0.2) is 0 Å². The van der Waals surface area contributed by atoms with Crippen molar-refractivity contribution in [1.82, 2.24) is 10.2 Å². The first-order chi connectivity index (χ1) is 12.2. The van der Waals surface area contributed by atoms with E-state index in [0.717, 1.165) is 41.9 Å². The summed E-state index contributed by atoms with van der Waals surface area (Å²) in [6.45, 7) is 5.98. The molecule has 0 spiro atoms. The van der Waals surface area contributed by atoms with E-state index in [-0.39, 0.29) is 11.8 Å². The van der Waals surface area contributed by atoms with Crippen molar-refractivity contribution in [2.75, 3.05) is 19.8 Å². The summed E-state index contributed by atoms with van der Waals surface area (Å²) in [6, 6.07) is 13.0. The van der Waals surface area contributed by atoms with Crippen LogP contribution in [0, 0.1) is 5.21 Å². The number of benzene rings is 1. The largest absolute Gasteiger partial charge is 0.618 e. The second-order valence-corrected chi connectivity index (χ2v) is 6.34. The lowest BCUT2D eigenvalue weighted by atomic mass is 9.93. The van der Waals surface area contributed by atoms with Crippen molar-refractivity contribution < 1.29 is 9.52 Å². The minimum Gasteiger partial charge on any atom is -0.618 e. The Morgan fingerprint density at radius 1 is 1.28 bits per heavy atom. The lowest BCUT2D eigenvalue weighted by Crippen LogP contribution is -2.43. The number of rotatable bonds is 5. The maximum Gasteiger partial charge on any atom is 0.252 e. The molecule has 2 heterocycles. The van der Waals surface area contributed by atoms with E-state index in [1.807, 2.05) is 30.3 Å². The number of hydrogen-bond acceptors (Lipinski definition) is 3. The normalized spacial score (nSPS) is 15.7. The van der Waals surface area contributed by atoms with Crippen LogP contribution in [0.2, 0.25) is 0 Å². The van der Waals surface area contributed by atoms with Gasteiger partial charge in [0.1, 0.15) is 0 Å². The molecular weight excluding hydrogens is 314 g/mol. The number of nitrogens with zero attached hydrogens (tertiary/aromatic N) is 2. The number of piperidine rings is 1. The van der Waals surface area contributed by atoms with Gasteiger partial charge < -0.3 is 10.5 Å². The standard InChI is InChI=1S/C20H23N3O2/c1-2-16-6-5-7-18(14-16)20(24)21-15-22-12-9-17(10-13-22)19-8-3-4-11-23(19)25/h2-8,11,14,17H,1,9-10,12-13,15H2,(H,21,24). The van der Waals surface area contributed by atoms with E-state index in [9.17, 15) is 10.0 Å². The van der Waals surface area contributed by atoms with Crippen molar-refractivity contribution in [2.24, 2.45) is 0 Å². The Hall–Kier alpha value is -2.66. The van der Waals surface area contributed by atoms with Crippen LogP contribution in [-0.4, -0.2) is 30.6 Å². The highest BCUT2D eigenvalue weighted by atomic mass is 16.5. The number of amides is 1. The fourth-order valence-electron chi connectivity index (χ4n) is 3.24. The van der Waals surface area contributed by atoms with Crippen molar-refractivity contribution in [3.8, 4) is 0 Å². The summed E-state index contributed by atoms with van der Waals surface area (Å²) in [5.41, 5.74) is 2.42. The van der Waals surface area contributed by atoms with Crippen LogP contribution < -0.4 is 10.0 Å². The van der Waals surface area contributed by atoms with Gasteiger partial charge in [-0.3, -0.25) is 9.69 Å². The number of carbonyl (C=O) groups excluding carboxylic acids is 1. The molecule has 0 saturated carbocycles. The number of carbonyl (C=O) groups is 1. The van der Waals surface area contributed by atoms with E-state index in [1.54, 1.807) is 24.4 Å². The Balaban J connectivity index is 1.50. The summed E-state index contributed by atoms with van der Waals surface area (Å²) in [4.78, 5) is 14.5. The molecule has 0 radical (unpaired) electrons. The Morgan fingerprint density at radius 3 is 2.80 bits per heavy atom. The van der Waals surface area contributed by atoms with Crippen LogP contribution >= 0.6 is 0 Å². The van der Waals surface area contributed by atoms with Crippen molar-refractivity contribution in [1.29, 1.82) is 0 Å². The fraction of sp³-hybridized carbons (Fsp3) is 0.300. The van der Waals surface area contributed by atoms with E-state index < -0.39 is 0 Å². The lowest BCUT2D eigenvalue weighted by Gasteiger charge is -2.31. The van der Waals surface area contributed by atoms with Crippen molar-refractivity contribution >= 4 is 12.0 Å². The molecule has 1 fully saturated rings. The Morgan fingerprint density at radius 2 is 2.08 bits per heavy atom. The van der Waals surface area contributed by atoms with Gasteiger partial charge in [0.05, 0.1) is 6.67 Å². The second-order valence-electron chi connectivity index (χ2n) is 6.34. The zero-order chi connectivity index (χ0) is 17.6. The molecule has 0 atom stereocenters. The number of likely N-dealkylation sites (tertiary alicyclic amines) is 1. The summed E-state index contributed by atoms with van der Waals surface area (Å²) >= 11 is 0. The molecule has 1 saturated heterocycles. The van der Waals surface area contributed by atoms with E-state index in [4.69, 9.17) is 0 Å². The maximum atomic E-state index is 12.3. The smallest absolute Gasteiger partial charge is 0.252 e. The third-order valence-corrected chi connectivity index (χ3v) is 4.71. The molecule has 2 aromatic rings. The van der Waals surface area contributed by atoms with E-state index in [1.165, 1.54) is 0 Å². The molecule has 1 aliphatic rings. The molecule has 5 heteroatoms. The van der Waals surface area contributed by atoms with Crippen LogP contribution in [0.4, 0.5) is 0 Å². The summed E-state index contributed by atoms with van der Waals surface area (Å²) in [5, 5.41) is 14.8. The third-order valence-electron chi connectivity index (χ3n) is 4.71. The molecular formula is C20H23N3O2. The highest BCUT2D eigenvalue weighted by Gasteiger charge is 2.25. The van der Waals surface area contributed by atoms with Gasteiger partial charge in [0.15, 0.2) is 11.9 Å². The molecule has 3 rings (SSSR count). The molecule has 1 aromatic carbocycles. The highest BCUT2D eigenvalue weighted by molar-refractivity contribution is 5.94. The minimum atomic E-state index is -0.0775. The summed E-state index contributed by atoms with van der Waals surface area (Å²) in [7, 11) is 0. The van der Waals surface area contributed by atoms with Crippen LogP contribution in [0.5, 0.6) is 0 Å². The Bertz CT molecular complexity index is 752. The van der Waals surface area contributed by atoms with Crippen molar-refractivity contribution in [3.63, 3.8) is 0 Å². The topological polar surface area (TPSA) is 59.3 Å². The summed E-state index contributed by atoms with van der Waals surface area (Å²) in [6.07, 6.45) is 5.13.